The molecule has 0 amide bonds. The quantitative estimate of drug-likeness (QED) is 0.569. The van der Waals surface area contributed by atoms with Crippen molar-refractivity contribution in [1.29, 1.82) is 0 Å². The summed E-state index contributed by atoms with van der Waals surface area (Å²) in [6.07, 6.45) is 1.92. The molecule has 0 aromatic heterocycles. The van der Waals surface area contributed by atoms with Gasteiger partial charge in [-0.05, 0) is 22.8 Å². The molecule has 3 N–H and O–H groups in total. The first kappa shape index (κ1) is 10.3. The van der Waals surface area contributed by atoms with Crippen molar-refractivity contribution in [2.75, 3.05) is 6.54 Å². The van der Waals surface area contributed by atoms with E-state index in [0.717, 1.165) is 10.6 Å². The molecule has 0 aliphatic carbocycles. The zero-order valence-corrected chi connectivity index (χ0v) is 8.27. The van der Waals surface area contributed by atoms with Crippen molar-refractivity contribution >= 4 is 6.08 Å². The van der Waals surface area contributed by atoms with E-state index in [1.165, 1.54) is 0 Å². The summed E-state index contributed by atoms with van der Waals surface area (Å²) in [5, 5.41) is 29.3. The molecule has 0 radical (unpaired) electrons. The van der Waals surface area contributed by atoms with Crippen LogP contribution in [0.15, 0.2) is 11.1 Å². The molecule has 1 aliphatic heterocycles. The number of aliphatic hydroxyl groups is 3. The molecule has 0 saturated heterocycles. The van der Waals surface area contributed by atoms with Gasteiger partial charge in [0, 0.05) is 5.22 Å². The SMILES string of the molecule is OCc1cc2c(c(CO)c1CO)=CCN=2. The van der Waals surface area contributed by atoms with Gasteiger partial charge in [0.1, 0.15) is 0 Å². The van der Waals surface area contributed by atoms with Gasteiger partial charge in [0.2, 0.25) is 0 Å². The Labute approximate surface area is 86.8 Å². The molecule has 0 fully saturated rings. The van der Waals surface area contributed by atoms with Crippen LogP contribution in [0.5, 0.6) is 0 Å². The van der Waals surface area contributed by atoms with E-state index in [4.69, 9.17) is 5.11 Å². The Morgan fingerprint density at radius 2 is 1.80 bits per heavy atom. The van der Waals surface area contributed by atoms with E-state index in [1.54, 1.807) is 6.07 Å². The number of nitrogens with zero attached hydrogens (tertiary/aromatic N) is 1. The van der Waals surface area contributed by atoms with Gasteiger partial charge in [-0.1, -0.05) is 6.08 Å². The van der Waals surface area contributed by atoms with E-state index in [0.29, 0.717) is 23.2 Å². The highest BCUT2D eigenvalue weighted by Gasteiger charge is 2.11. The first-order valence-corrected chi connectivity index (χ1v) is 4.82. The Bertz CT molecular complexity index is 494. The van der Waals surface area contributed by atoms with E-state index in [-0.39, 0.29) is 19.8 Å². The number of hydrogen-bond acceptors (Lipinski definition) is 4. The van der Waals surface area contributed by atoms with Gasteiger partial charge in [-0.2, -0.15) is 0 Å². The van der Waals surface area contributed by atoms with Crippen LogP contribution < -0.4 is 10.6 Å². The third kappa shape index (κ3) is 1.56. The van der Waals surface area contributed by atoms with Gasteiger partial charge in [-0.25, -0.2) is 0 Å². The van der Waals surface area contributed by atoms with Crippen molar-refractivity contribution in [3.8, 4) is 0 Å². The van der Waals surface area contributed by atoms with E-state index in [1.807, 2.05) is 6.08 Å². The second-order valence-electron chi connectivity index (χ2n) is 3.44. The molecule has 0 saturated carbocycles. The van der Waals surface area contributed by atoms with Gasteiger partial charge < -0.3 is 15.3 Å². The van der Waals surface area contributed by atoms with Gasteiger partial charge in [-0.15, -0.1) is 0 Å². The number of aliphatic hydroxyl groups excluding tert-OH is 3. The van der Waals surface area contributed by atoms with Crippen LogP contribution in [0.4, 0.5) is 0 Å². The van der Waals surface area contributed by atoms with Crippen molar-refractivity contribution in [3.63, 3.8) is 0 Å². The lowest BCUT2D eigenvalue weighted by molar-refractivity contribution is 0.247. The van der Waals surface area contributed by atoms with E-state index in [2.05, 4.69) is 4.99 Å². The number of rotatable bonds is 3. The van der Waals surface area contributed by atoms with Gasteiger partial charge in [0.25, 0.3) is 0 Å². The molecule has 4 nitrogen and oxygen atoms in total. The maximum Gasteiger partial charge on any atom is 0.0692 e. The normalized spacial score (nSPS) is 13.3. The summed E-state index contributed by atoms with van der Waals surface area (Å²) >= 11 is 0. The summed E-state index contributed by atoms with van der Waals surface area (Å²) in [6.45, 7) is 0.138. The zero-order valence-electron chi connectivity index (χ0n) is 8.27. The highest BCUT2D eigenvalue weighted by molar-refractivity contribution is 5.42. The van der Waals surface area contributed by atoms with Crippen LogP contribution in [0.1, 0.15) is 16.7 Å². The highest BCUT2D eigenvalue weighted by Crippen LogP contribution is 2.10. The first-order chi connectivity index (χ1) is 7.31. The molecule has 15 heavy (non-hydrogen) atoms. The second kappa shape index (κ2) is 4.10. The minimum absolute atomic E-state index is 0.141. The summed E-state index contributed by atoms with van der Waals surface area (Å²) in [5.74, 6) is 0. The lowest BCUT2D eigenvalue weighted by Crippen LogP contribution is -2.29. The van der Waals surface area contributed by atoms with E-state index in [9.17, 15) is 10.2 Å². The average Bonchev–Trinajstić information content (AvgIpc) is 2.73. The topological polar surface area (TPSA) is 73.0 Å². The summed E-state index contributed by atoms with van der Waals surface area (Å²) in [7, 11) is 0. The number of hydrogen-bond donors (Lipinski definition) is 3. The van der Waals surface area contributed by atoms with Crippen molar-refractivity contribution in [1.82, 2.24) is 0 Å². The molecule has 1 aromatic rings. The molecule has 1 heterocycles. The fourth-order valence-electron chi connectivity index (χ4n) is 1.95. The fourth-order valence-corrected chi connectivity index (χ4v) is 1.95. The van der Waals surface area contributed by atoms with Crippen molar-refractivity contribution < 1.29 is 15.3 Å². The molecule has 1 aliphatic rings. The Hall–Kier alpha value is -1.23. The predicted molar refractivity (Wildman–Crippen MR) is 54.3 cm³/mol. The summed E-state index contributed by atoms with van der Waals surface area (Å²) in [5.41, 5.74) is 1.94. The standard InChI is InChI=1S/C11H13NO3/c13-4-7-3-11-8(1-2-12-11)10(6-15)9(7)5-14/h1,3,13-15H,2,4-6H2. The van der Waals surface area contributed by atoms with E-state index < -0.39 is 0 Å². The largest absolute Gasteiger partial charge is 0.392 e. The Balaban J connectivity index is 2.80. The summed E-state index contributed by atoms with van der Waals surface area (Å²) in [4.78, 5) is 4.23. The number of benzene rings is 1. The van der Waals surface area contributed by atoms with Crippen LogP contribution in [0, 0.1) is 0 Å². The summed E-state index contributed by atoms with van der Waals surface area (Å²) in [6, 6.07) is 1.77. The van der Waals surface area contributed by atoms with Crippen molar-refractivity contribution in [3.05, 3.63) is 33.3 Å². The molecule has 0 bridgehead atoms. The lowest BCUT2D eigenvalue weighted by atomic mass is 9.99. The Morgan fingerprint density at radius 3 is 2.40 bits per heavy atom. The van der Waals surface area contributed by atoms with Crippen LogP contribution in [0.25, 0.3) is 6.08 Å². The van der Waals surface area contributed by atoms with Crippen LogP contribution in [-0.2, 0) is 19.8 Å². The average molecular weight is 207 g/mol. The molecule has 0 atom stereocenters. The molecular weight excluding hydrogens is 194 g/mol. The smallest absolute Gasteiger partial charge is 0.0692 e. The molecule has 4 heteroatoms. The minimum atomic E-state index is -0.174. The molecule has 80 valence electrons. The lowest BCUT2D eigenvalue weighted by Gasteiger charge is -2.10. The van der Waals surface area contributed by atoms with Crippen LogP contribution >= 0.6 is 0 Å². The molecule has 0 spiro atoms. The predicted octanol–water partition coefficient (Wildman–Crippen LogP) is -1.42. The van der Waals surface area contributed by atoms with Gasteiger partial charge in [0.15, 0.2) is 0 Å². The van der Waals surface area contributed by atoms with Gasteiger partial charge in [0.05, 0.1) is 31.7 Å². The van der Waals surface area contributed by atoms with Crippen LogP contribution in [0.3, 0.4) is 0 Å². The maximum atomic E-state index is 9.28. The fraction of sp³-hybridized carbons (Fsp3) is 0.364. The molecular formula is C11H13NO3. The van der Waals surface area contributed by atoms with E-state index >= 15 is 0 Å². The second-order valence-corrected chi connectivity index (χ2v) is 3.44. The van der Waals surface area contributed by atoms with Crippen molar-refractivity contribution in [2.24, 2.45) is 4.99 Å². The summed E-state index contributed by atoms with van der Waals surface area (Å²) < 4.78 is 0. The van der Waals surface area contributed by atoms with Crippen LogP contribution in [0.2, 0.25) is 0 Å². The highest BCUT2D eigenvalue weighted by atomic mass is 16.3. The first-order valence-electron chi connectivity index (χ1n) is 4.82. The Morgan fingerprint density at radius 1 is 1.07 bits per heavy atom. The van der Waals surface area contributed by atoms with Crippen LogP contribution in [-0.4, -0.2) is 21.9 Å². The maximum absolute atomic E-state index is 9.28. The Kier molecular flexibility index (Phi) is 2.81. The zero-order chi connectivity index (χ0) is 10.8. The molecule has 0 unspecified atom stereocenters. The third-order valence-electron chi connectivity index (χ3n) is 2.71. The number of fused-ring (bicyclic) bond motifs is 1. The molecule has 2 rings (SSSR count). The third-order valence-corrected chi connectivity index (χ3v) is 2.71. The minimum Gasteiger partial charge on any atom is -0.392 e. The monoisotopic (exact) mass is 207 g/mol. The van der Waals surface area contributed by atoms with Crippen molar-refractivity contribution in [2.45, 2.75) is 19.8 Å². The van der Waals surface area contributed by atoms with Gasteiger partial charge in [-0.3, -0.25) is 4.99 Å². The molecule has 1 aromatic carbocycles. The van der Waals surface area contributed by atoms with Gasteiger partial charge >= 0.3 is 0 Å².